The van der Waals surface area contributed by atoms with Crippen molar-refractivity contribution in [1.82, 2.24) is 4.68 Å². The monoisotopic (exact) mass is 124 g/mol. The molecule has 0 aliphatic rings. The van der Waals surface area contributed by atoms with E-state index in [-0.39, 0.29) is 0 Å². The quantitative estimate of drug-likeness (QED) is 0.596. The molecule has 0 aromatic carbocycles. The van der Waals surface area contributed by atoms with Crippen LogP contribution in [0.25, 0.3) is 0 Å². The molecule has 0 atom stereocenters. The summed E-state index contributed by atoms with van der Waals surface area (Å²) in [6.45, 7) is 4.15. The third-order valence-electron chi connectivity index (χ3n) is 1.49. The van der Waals surface area contributed by atoms with Gasteiger partial charge in [-0.25, -0.2) is 0 Å². The highest BCUT2D eigenvalue weighted by atomic mass is 15.4. The van der Waals surface area contributed by atoms with E-state index < -0.39 is 0 Å². The van der Waals surface area contributed by atoms with Gasteiger partial charge in [0.05, 0.1) is 0 Å². The summed E-state index contributed by atoms with van der Waals surface area (Å²) in [6, 6.07) is 4.18. The second-order valence-corrected chi connectivity index (χ2v) is 2.18. The lowest BCUT2D eigenvalue weighted by molar-refractivity contribution is 0.857. The van der Waals surface area contributed by atoms with E-state index in [4.69, 9.17) is 0 Å². The first-order valence-corrected chi connectivity index (χ1v) is 3.08. The van der Waals surface area contributed by atoms with Crippen molar-refractivity contribution in [3.05, 3.63) is 23.5 Å². The Morgan fingerprint density at radius 1 is 1.22 bits per heavy atom. The molecule has 2 heteroatoms. The highest BCUT2D eigenvalue weighted by Crippen LogP contribution is 2.02. The first kappa shape index (κ1) is 6.20. The van der Waals surface area contributed by atoms with E-state index >= 15 is 0 Å². The minimum Gasteiger partial charge on any atom is -0.329 e. The maximum absolute atomic E-state index is 3.06. The van der Waals surface area contributed by atoms with Crippen LogP contribution in [0.3, 0.4) is 0 Å². The molecule has 1 N–H and O–H groups in total. The topological polar surface area (TPSA) is 17.0 Å². The third kappa shape index (κ3) is 0.922. The Bertz CT molecular complexity index is 181. The van der Waals surface area contributed by atoms with Gasteiger partial charge >= 0.3 is 0 Å². The summed E-state index contributed by atoms with van der Waals surface area (Å²) in [6.07, 6.45) is 0. The number of nitrogens with zero attached hydrogens (tertiary/aromatic N) is 1. The molecule has 0 amide bonds. The van der Waals surface area contributed by atoms with E-state index in [2.05, 4.69) is 31.4 Å². The smallest absolute Gasteiger partial charge is 0.0366 e. The van der Waals surface area contributed by atoms with Gasteiger partial charge in [0.15, 0.2) is 0 Å². The van der Waals surface area contributed by atoms with Crippen LogP contribution in [0.4, 0.5) is 0 Å². The second-order valence-electron chi connectivity index (χ2n) is 2.18. The highest BCUT2D eigenvalue weighted by Gasteiger charge is 1.94. The van der Waals surface area contributed by atoms with E-state index in [9.17, 15) is 0 Å². The molecule has 0 saturated heterocycles. The molecule has 1 rings (SSSR count). The van der Waals surface area contributed by atoms with Gasteiger partial charge in [0.1, 0.15) is 0 Å². The molecule has 50 valence electrons. The van der Waals surface area contributed by atoms with Crippen LogP contribution in [0.2, 0.25) is 0 Å². The summed E-state index contributed by atoms with van der Waals surface area (Å²) in [5.41, 5.74) is 5.55. The Morgan fingerprint density at radius 2 is 1.67 bits per heavy atom. The molecule has 0 saturated carbocycles. The van der Waals surface area contributed by atoms with Gasteiger partial charge in [-0.2, -0.15) is 0 Å². The van der Waals surface area contributed by atoms with Gasteiger partial charge in [-0.3, -0.25) is 4.68 Å². The Hall–Kier alpha value is -0.920. The van der Waals surface area contributed by atoms with E-state index in [1.54, 1.807) is 0 Å². The van der Waals surface area contributed by atoms with Gasteiger partial charge in [-0.15, -0.1) is 0 Å². The molecule has 9 heavy (non-hydrogen) atoms. The summed E-state index contributed by atoms with van der Waals surface area (Å²) < 4.78 is 2.04. The van der Waals surface area contributed by atoms with Crippen LogP contribution in [-0.4, -0.2) is 11.7 Å². The minimum atomic E-state index is 1.25. The summed E-state index contributed by atoms with van der Waals surface area (Å²) in [4.78, 5) is 0. The first-order chi connectivity index (χ1) is 4.25. The number of hydrogen-bond acceptors (Lipinski definition) is 1. The zero-order chi connectivity index (χ0) is 6.85. The zero-order valence-electron chi connectivity index (χ0n) is 6.10. The van der Waals surface area contributed by atoms with Gasteiger partial charge in [0.2, 0.25) is 0 Å². The number of aromatic nitrogens is 1. The molecule has 2 nitrogen and oxygen atoms in total. The zero-order valence-corrected chi connectivity index (χ0v) is 6.10. The summed E-state index contributed by atoms with van der Waals surface area (Å²) in [7, 11) is 1.92. The molecule has 0 radical (unpaired) electrons. The van der Waals surface area contributed by atoms with Crippen molar-refractivity contribution in [3.8, 4) is 0 Å². The van der Waals surface area contributed by atoms with E-state index in [0.29, 0.717) is 0 Å². The third-order valence-corrected chi connectivity index (χ3v) is 1.49. The molecule has 0 aliphatic carbocycles. The van der Waals surface area contributed by atoms with E-state index in [0.717, 1.165) is 0 Å². The molecule has 1 aromatic heterocycles. The number of aryl methyl sites for hydroxylation is 2. The summed E-state index contributed by atoms with van der Waals surface area (Å²) >= 11 is 0. The normalized spacial score (nSPS) is 9.67. The number of hydrogen-bond donors (Lipinski definition) is 1. The minimum absolute atomic E-state index is 1.25. The SMILES string of the molecule is CNn1c(C)ccc1C. The lowest BCUT2D eigenvalue weighted by Gasteiger charge is -2.05. The van der Waals surface area contributed by atoms with Gasteiger partial charge < -0.3 is 5.43 Å². The van der Waals surface area contributed by atoms with Crippen molar-refractivity contribution in [3.63, 3.8) is 0 Å². The molecule has 1 aromatic rings. The van der Waals surface area contributed by atoms with E-state index in [1.807, 2.05) is 11.7 Å². The second kappa shape index (κ2) is 2.13. The number of nitrogens with one attached hydrogen (secondary N) is 1. The average molecular weight is 124 g/mol. The van der Waals surface area contributed by atoms with Crippen LogP contribution in [0, 0.1) is 13.8 Å². The van der Waals surface area contributed by atoms with Crippen molar-refractivity contribution in [2.75, 3.05) is 12.5 Å². The van der Waals surface area contributed by atoms with Crippen molar-refractivity contribution in [2.45, 2.75) is 13.8 Å². The van der Waals surface area contributed by atoms with Gasteiger partial charge in [0.25, 0.3) is 0 Å². The van der Waals surface area contributed by atoms with Crippen LogP contribution in [0.1, 0.15) is 11.4 Å². The van der Waals surface area contributed by atoms with Crippen molar-refractivity contribution in [1.29, 1.82) is 0 Å². The fraction of sp³-hybridized carbons (Fsp3) is 0.429. The van der Waals surface area contributed by atoms with Gasteiger partial charge in [-0.1, -0.05) is 0 Å². The fourth-order valence-electron chi connectivity index (χ4n) is 1.02. The Balaban J connectivity index is 3.07. The van der Waals surface area contributed by atoms with Crippen LogP contribution >= 0.6 is 0 Å². The maximum Gasteiger partial charge on any atom is 0.0366 e. The maximum atomic E-state index is 3.06. The van der Waals surface area contributed by atoms with Gasteiger partial charge in [-0.05, 0) is 26.0 Å². The summed E-state index contributed by atoms with van der Waals surface area (Å²) in [5.74, 6) is 0. The average Bonchev–Trinajstić information content (AvgIpc) is 2.12. The molecule has 0 aliphatic heterocycles. The molecule has 0 bridgehead atoms. The van der Waals surface area contributed by atoms with Crippen molar-refractivity contribution < 1.29 is 0 Å². The molecule has 0 spiro atoms. The fourth-order valence-corrected chi connectivity index (χ4v) is 1.02. The van der Waals surface area contributed by atoms with E-state index in [1.165, 1.54) is 11.4 Å². The Morgan fingerprint density at radius 3 is 1.89 bits per heavy atom. The van der Waals surface area contributed by atoms with Crippen molar-refractivity contribution in [2.24, 2.45) is 0 Å². The standard InChI is InChI=1S/C7H12N2/c1-6-4-5-7(2)9(6)8-3/h4-5,8H,1-3H3. The van der Waals surface area contributed by atoms with Crippen LogP contribution in [0.15, 0.2) is 12.1 Å². The largest absolute Gasteiger partial charge is 0.329 e. The summed E-state index contributed by atoms with van der Waals surface area (Å²) in [5, 5.41) is 0. The molecular formula is C7H12N2. The highest BCUT2D eigenvalue weighted by molar-refractivity contribution is 5.14. The number of rotatable bonds is 1. The predicted molar refractivity (Wildman–Crippen MR) is 39.2 cm³/mol. The Kier molecular flexibility index (Phi) is 1.47. The van der Waals surface area contributed by atoms with Gasteiger partial charge in [0, 0.05) is 18.4 Å². The lowest BCUT2D eigenvalue weighted by Crippen LogP contribution is -2.11. The first-order valence-electron chi connectivity index (χ1n) is 3.08. The molecular weight excluding hydrogens is 112 g/mol. The lowest BCUT2D eigenvalue weighted by atomic mass is 10.5. The van der Waals surface area contributed by atoms with Crippen LogP contribution in [-0.2, 0) is 0 Å². The molecule has 0 unspecified atom stereocenters. The molecule has 0 fully saturated rings. The Labute approximate surface area is 55.5 Å². The molecule has 1 heterocycles. The van der Waals surface area contributed by atoms with Crippen molar-refractivity contribution >= 4 is 0 Å². The van der Waals surface area contributed by atoms with Crippen LogP contribution < -0.4 is 5.43 Å². The predicted octanol–water partition coefficient (Wildman–Crippen LogP) is 1.28. The van der Waals surface area contributed by atoms with Crippen LogP contribution in [0.5, 0.6) is 0 Å².